The summed E-state index contributed by atoms with van der Waals surface area (Å²) in [5.41, 5.74) is -0.875. The molecule has 0 bridgehead atoms. The normalized spacial score (nSPS) is 11.8. The molecule has 1 aromatic carbocycles. The summed E-state index contributed by atoms with van der Waals surface area (Å²) in [4.78, 5) is 31.0. The van der Waals surface area contributed by atoms with Crippen molar-refractivity contribution >= 4 is 33.1 Å². The van der Waals surface area contributed by atoms with Crippen LogP contribution in [0.4, 0.5) is 18.9 Å². The van der Waals surface area contributed by atoms with Crippen LogP contribution in [-0.2, 0) is 17.5 Å². The van der Waals surface area contributed by atoms with Crippen LogP contribution in [0.1, 0.15) is 21.8 Å². The van der Waals surface area contributed by atoms with E-state index in [0.29, 0.717) is 16.0 Å². The minimum Gasteiger partial charge on any atom is -0.324 e. The molecule has 2 heterocycles. The van der Waals surface area contributed by atoms with E-state index in [1.807, 2.05) is 6.92 Å². The van der Waals surface area contributed by atoms with E-state index in [0.717, 1.165) is 16.5 Å². The highest BCUT2D eigenvalue weighted by Crippen LogP contribution is 2.34. The average Bonchev–Trinajstić information content (AvgIpc) is 2.85. The number of thiophene rings is 1. The minimum atomic E-state index is -4.59. The topological polar surface area (TPSA) is 64.0 Å². The maximum atomic E-state index is 13.1. The van der Waals surface area contributed by atoms with Gasteiger partial charge in [-0.1, -0.05) is 12.1 Å². The van der Waals surface area contributed by atoms with E-state index in [2.05, 4.69) is 10.3 Å². The number of alkyl halides is 3. The Hall–Kier alpha value is -2.68. The zero-order chi connectivity index (χ0) is 19.9. The first kappa shape index (κ1) is 19.1. The molecule has 0 atom stereocenters. The number of fused-ring (bicyclic) bond motifs is 1. The molecule has 9 heteroatoms. The molecule has 0 fully saturated rings. The van der Waals surface area contributed by atoms with Crippen molar-refractivity contribution in [1.29, 1.82) is 0 Å². The highest BCUT2D eigenvalue weighted by Gasteiger charge is 2.33. The summed E-state index contributed by atoms with van der Waals surface area (Å²) in [6, 6.07) is 4.70. The molecule has 142 valence electrons. The molecule has 0 unspecified atom stereocenters. The fourth-order valence-electron chi connectivity index (χ4n) is 2.79. The fourth-order valence-corrected chi connectivity index (χ4v) is 3.85. The number of halogens is 3. The maximum Gasteiger partial charge on any atom is 0.418 e. The van der Waals surface area contributed by atoms with Gasteiger partial charge in [-0.2, -0.15) is 13.2 Å². The van der Waals surface area contributed by atoms with Crippen molar-refractivity contribution in [1.82, 2.24) is 9.55 Å². The van der Waals surface area contributed by atoms with E-state index < -0.39 is 24.2 Å². The van der Waals surface area contributed by atoms with Crippen LogP contribution in [0.5, 0.6) is 0 Å². The number of hydrogen-bond acceptors (Lipinski definition) is 4. The van der Waals surface area contributed by atoms with Gasteiger partial charge < -0.3 is 5.32 Å². The molecule has 3 rings (SSSR count). The third-order valence-electron chi connectivity index (χ3n) is 4.29. The first-order chi connectivity index (χ1) is 12.6. The Bertz CT molecular complexity index is 1100. The Morgan fingerprint density at radius 2 is 1.89 bits per heavy atom. The average molecular weight is 395 g/mol. The Morgan fingerprint density at radius 3 is 2.56 bits per heavy atom. The van der Waals surface area contributed by atoms with Crippen LogP contribution in [0, 0.1) is 20.8 Å². The smallest absolute Gasteiger partial charge is 0.324 e. The maximum absolute atomic E-state index is 13.1. The number of rotatable bonds is 3. The van der Waals surface area contributed by atoms with Crippen LogP contribution in [-0.4, -0.2) is 15.5 Å². The van der Waals surface area contributed by atoms with Crippen LogP contribution < -0.4 is 10.9 Å². The molecule has 2 aromatic heterocycles. The molecule has 0 spiro atoms. The highest BCUT2D eigenvalue weighted by atomic mass is 32.1. The lowest BCUT2D eigenvalue weighted by Gasteiger charge is -2.14. The summed E-state index contributed by atoms with van der Waals surface area (Å²) in [6.45, 7) is 4.84. The zero-order valence-corrected chi connectivity index (χ0v) is 15.6. The summed E-state index contributed by atoms with van der Waals surface area (Å²) in [6.07, 6.45) is -4.59. The molecule has 0 aliphatic heterocycles. The van der Waals surface area contributed by atoms with E-state index in [4.69, 9.17) is 0 Å². The Morgan fingerprint density at radius 1 is 1.22 bits per heavy atom. The van der Waals surface area contributed by atoms with Gasteiger partial charge in [-0.05, 0) is 38.5 Å². The molecule has 0 aliphatic carbocycles. The predicted octanol–water partition coefficient (Wildman–Crippen LogP) is 4.04. The second-order valence-corrected chi connectivity index (χ2v) is 7.31. The standard InChI is InChI=1S/C18H16F3N3O2S/c1-9-10(2)27-16-15(9)17(26)24(11(3)22-16)8-14(25)23-13-7-5-4-6-12(13)18(19,20)21/h4-7H,8H2,1-3H3,(H,23,25). The van der Waals surface area contributed by atoms with Crippen molar-refractivity contribution in [3.05, 3.63) is 56.4 Å². The van der Waals surface area contributed by atoms with Crippen molar-refractivity contribution in [2.45, 2.75) is 33.5 Å². The lowest BCUT2D eigenvalue weighted by atomic mass is 10.1. The molecule has 1 amide bonds. The van der Waals surface area contributed by atoms with Crippen LogP contribution >= 0.6 is 11.3 Å². The fraction of sp³-hybridized carbons (Fsp3) is 0.278. The SMILES string of the molecule is Cc1sc2nc(C)n(CC(=O)Nc3ccccc3C(F)(F)F)c(=O)c2c1C. The summed E-state index contributed by atoms with van der Waals surface area (Å²) < 4.78 is 40.4. The van der Waals surface area contributed by atoms with E-state index in [9.17, 15) is 22.8 Å². The van der Waals surface area contributed by atoms with Crippen molar-refractivity contribution in [2.75, 3.05) is 5.32 Å². The number of benzene rings is 1. The van der Waals surface area contributed by atoms with Crippen LogP contribution in [0.15, 0.2) is 29.1 Å². The van der Waals surface area contributed by atoms with Gasteiger partial charge in [0.05, 0.1) is 16.6 Å². The summed E-state index contributed by atoms with van der Waals surface area (Å²) >= 11 is 1.39. The van der Waals surface area contributed by atoms with Gasteiger partial charge in [-0.3, -0.25) is 14.2 Å². The van der Waals surface area contributed by atoms with Crippen LogP contribution in [0.25, 0.3) is 10.2 Å². The molecule has 0 radical (unpaired) electrons. The molecule has 3 aromatic rings. The summed E-state index contributed by atoms with van der Waals surface area (Å²) in [5, 5.41) is 2.68. The molecule has 0 saturated heterocycles. The number of carbonyl (C=O) groups is 1. The van der Waals surface area contributed by atoms with Gasteiger partial charge in [0.1, 0.15) is 17.2 Å². The van der Waals surface area contributed by atoms with Gasteiger partial charge >= 0.3 is 6.18 Å². The second-order valence-electron chi connectivity index (χ2n) is 6.11. The third kappa shape index (κ3) is 3.59. The number of carbonyl (C=O) groups excluding carboxylic acids is 1. The van der Waals surface area contributed by atoms with Crippen LogP contribution in [0.2, 0.25) is 0 Å². The summed E-state index contributed by atoms with van der Waals surface area (Å²) in [7, 11) is 0. The Kier molecular flexibility index (Phi) is 4.81. The van der Waals surface area contributed by atoms with Crippen molar-refractivity contribution in [3.63, 3.8) is 0 Å². The number of aromatic nitrogens is 2. The largest absolute Gasteiger partial charge is 0.418 e. The van der Waals surface area contributed by atoms with Gasteiger partial charge in [0.2, 0.25) is 5.91 Å². The van der Waals surface area contributed by atoms with Gasteiger partial charge in [-0.15, -0.1) is 11.3 Å². The third-order valence-corrected chi connectivity index (χ3v) is 5.39. The molecular weight excluding hydrogens is 379 g/mol. The van der Waals surface area contributed by atoms with Gasteiger partial charge in [-0.25, -0.2) is 4.98 Å². The van der Waals surface area contributed by atoms with Crippen molar-refractivity contribution in [3.8, 4) is 0 Å². The number of hydrogen-bond donors (Lipinski definition) is 1. The molecule has 5 nitrogen and oxygen atoms in total. The van der Waals surface area contributed by atoms with E-state index in [-0.39, 0.29) is 11.2 Å². The van der Waals surface area contributed by atoms with Gasteiger partial charge in [0.15, 0.2) is 0 Å². The monoisotopic (exact) mass is 395 g/mol. The van der Waals surface area contributed by atoms with E-state index in [1.54, 1.807) is 13.8 Å². The molecule has 27 heavy (non-hydrogen) atoms. The lowest BCUT2D eigenvalue weighted by molar-refractivity contribution is -0.137. The van der Waals surface area contributed by atoms with Crippen LogP contribution in [0.3, 0.4) is 0 Å². The Labute approximate surface area is 156 Å². The number of nitrogens with zero attached hydrogens (tertiary/aromatic N) is 2. The number of anilines is 1. The number of para-hydroxylation sites is 1. The molecule has 1 N–H and O–H groups in total. The van der Waals surface area contributed by atoms with Gasteiger partial charge in [0.25, 0.3) is 5.56 Å². The zero-order valence-electron chi connectivity index (χ0n) is 14.8. The quantitative estimate of drug-likeness (QED) is 0.728. The number of amides is 1. The van der Waals surface area contributed by atoms with E-state index >= 15 is 0 Å². The number of aryl methyl sites for hydroxylation is 3. The minimum absolute atomic E-state index is 0.327. The highest BCUT2D eigenvalue weighted by molar-refractivity contribution is 7.18. The summed E-state index contributed by atoms with van der Waals surface area (Å²) in [5.74, 6) is -0.407. The molecule has 0 aliphatic rings. The number of nitrogens with one attached hydrogen (secondary N) is 1. The predicted molar refractivity (Wildman–Crippen MR) is 98.2 cm³/mol. The molecule has 0 saturated carbocycles. The van der Waals surface area contributed by atoms with Crippen molar-refractivity contribution in [2.24, 2.45) is 0 Å². The Balaban J connectivity index is 1.94. The lowest BCUT2D eigenvalue weighted by Crippen LogP contribution is -2.30. The van der Waals surface area contributed by atoms with E-state index in [1.165, 1.54) is 34.1 Å². The first-order valence-electron chi connectivity index (χ1n) is 8.03. The van der Waals surface area contributed by atoms with Crippen molar-refractivity contribution < 1.29 is 18.0 Å². The van der Waals surface area contributed by atoms with Gasteiger partial charge in [0, 0.05) is 4.88 Å². The first-order valence-corrected chi connectivity index (χ1v) is 8.84. The molecular formula is C18H16F3N3O2S. The second kappa shape index (κ2) is 6.80.